The highest BCUT2D eigenvalue weighted by molar-refractivity contribution is 6.12. The Morgan fingerprint density at radius 3 is 2.33 bits per heavy atom. The maximum atomic E-state index is 12.7. The Morgan fingerprint density at radius 1 is 1.22 bits per heavy atom. The van der Waals surface area contributed by atoms with Crippen molar-refractivity contribution >= 4 is 11.7 Å². The summed E-state index contributed by atoms with van der Waals surface area (Å²) in [7, 11) is 3.31. The number of likely N-dealkylation sites (N-methyl/N-ethyl adjacent to an activating group) is 1. The summed E-state index contributed by atoms with van der Waals surface area (Å²) in [5.74, 6) is -8.11. The van der Waals surface area contributed by atoms with Crippen LogP contribution >= 0.6 is 0 Å². The number of amides is 1. The van der Waals surface area contributed by atoms with Gasteiger partial charge in [0.1, 0.15) is 17.1 Å². The number of Topliss-reactive ketones (excluding diaryl/α,β-unsaturated/α-hetero) is 1. The number of ketones is 1. The standard InChI is InChI=1S/C19H24N2O6/c1-7-5-9-6-10-12(16(23)11(9)15(22)8(7)2)19(26,27)13(18(20)25)17(24)14(10)21(3)4/h9-10,12,14,23-24,26-27H,1-2,5-6H2,3-4H3,(H2,20,25)/t9?,10?,12?,14-/m0/s1. The number of rotatable bonds is 2. The summed E-state index contributed by atoms with van der Waals surface area (Å²) in [6.07, 6.45) is 0.675. The molecular formula is C19H24N2O6. The number of primary amides is 1. The molecule has 1 fully saturated rings. The van der Waals surface area contributed by atoms with Gasteiger partial charge in [-0.25, -0.2) is 0 Å². The molecule has 1 saturated carbocycles. The van der Waals surface area contributed by atoms with Crippen LogP contribution in [0.5, 0.6) is 0 Å². The lowest BCUT2D eigenvalue weighted by atomic mass is 9.59. The van der Waals surface area contributed by atoms with E-state index in [0.29, 0.717) is 12.0 Å². The van der Waals surface area contributed by atoms with E-state index in [1.54, 1.807) is 19.0 Å². The second kappa shape index (κ2) is 6.05. The molecule has 0 aliphatic heterocycles. The number of aliphatic hydroxyl groups is 4. The third-order valence-electron chi connectivity index (χ3n) is 5.95. The van der Waals surface area contributed by atoms with E-state index in [9.17, 15) is 30.0 Å². The van der Waals surface area contributed by atoms with Crippen LogP contribution in [-0.2, 0) is 9.59 Å². The molecule has 0 spiro atoms. The molecule has 0 aromatic heterocycles. The highest BCUT2D eigenvalue weighted by atomic mass is 16.5. The van der Waals surface area contributed by atoms with Crippen LogP contribution in [0.1, 0.15) is 12.8 Å². The number of carbonyl (C=O) groups is 2. The molecule has 0 heterocycles. The molecule has 0 radical (unpaired) electrons. The van der Waals surface area contributed by atoms with Crippen molar-refractivity contribution < 1.29 is 30.0 Å². The van der Waals surface area contributed by atoms with Crippen LogP contribution < -0.4 is 5.73 Å². The van der Waals surface area contributed by atoms with Crippen LogP contribution in [0.2, 0.25) is 0 Å². The maximum absolute atomic E-state index is 12.7. The van der Waals surface area contributed by atoms with Gasteiger partial charge in [0.25, 0.3) is 5.91 Å². The minimum atomic E-state index is -2.91. The van der Waals surface area contributed by atoms with E-state index in [2.05, 4.69) is 13.2 Å². The quantitative estimate of drug-likeness (QED) is 0.338. The first-order valence-electron chi connectivity index (χ1n) is 8.60. The second-order valence-corrected chi connectivity index (χ2v) is 7.75. The average Bonchev–Trinajstić information content (AvgIpc) is 2.50. The predicted molar refractivity (Wildman–Crippen MR) is 96.1 cm³/mol. The van der Waals surface area contributed by atoms with Gasteiger partial charge >= 0.3 is 0 Å². The molecule has 6 N–H and O–H groups in total. The lowest BCUT2D eigenvalue weighted by molar-refractivity contribution is -0.201. The first-order valence-corrected chi connectivity index (χ1v) is 8.60. The van der Waals surface area contributed by atoms with Crippen molar-refractivity contribution in [1.29, 1.82) is 0 Å². The van der Waals surface area contributed by atoms with Gasteiger partial charge < -0.3 is 26.2 Å². The smallest absolute Gasteiger partial charge is 0.253 e. The van der Waals surface area contributed by atoms with E-state index in [0.717, 1.165) is 0 Å². The van der Waals surface area contributed by atoms with Crippen molar-refractivity contribution in [1.82, 2.24) is 4.90 Å². The van der Waals surface area contributed by atoms with Gasteiger partial charge in [-0.1, -0.05) is 13.2 Å². The van der Waals surface area contributed by atoms with Gasteiger partial charge in [-0.15, -0.1) is 0 Å². The fourth-order valence-corrected chi connectivity index (χ4v) is 4.82. The van der Waals surface area contributed by atoms with Crippen molar-refractivity contribution in [2.24, 2.45) is 23.5 Å². The number of hydrogen-bond acceptors (Lipinski definition) is 7. The van der Waals surface area contributed by atoms with Crippen LogP contribution in [0.15, 0.2) is 47.0 Å². The Labute approximate surface area is 156 Å². The number of aliphatic hydroxyl groups excluding tert-OH is 2. The molecule has 0 aromatic carbocycles. The van der Waals surface area contributed by atoms with Gasteiger partial charge in [0.15, 0.2) is 5.78 Å². The van der Waals surface area contributed by atoms with E-state index in [1.165, 1.54) is 0 Å². The Morgan fingerprint density at radius 2 is 1.81 bits per heavy atom. The number of allylic oxidation sites excluding steroid dienone is 3. The van der Waals surface area contributed by atoms with Gasteiger partial charge in [0.2, 0.25) is 5.79 Å². The fraction of sp³-hybridized carbons (Fsp3) is 0.474. The number of nitrogens with zero attached hydrogens (tertiary/aromatic N) is 1. The Bertz CT molecular complexity index is 835. The summed E-state index contributed by atoms with van der Waals surface area (Å²) in [5.41, 5.74) is 5.29. The van der Waals surface area contributed by atoms with Crippen LogP contribution in [0.25, 0.3) is 0 Å². The monoisotopic (exact) mass is 376 g/mol. The third-order valence-corrected chi connectivity index (χ3v) is 5.95. The Balaban J connectivity index is 2.26. The molecule has 3 unspecified atom stereocenters. The molecule has 146 valence electrons. The predicted octanol–water partition coefficient (Wildman–Crippen LogP) is 0.0581. The van der Waals surface area contributed by atoms with E-state index in [1.807, 2.05) is 0 Å². The van der Waals surface area contributed by atoms with E-state index >= 15 is 0 Å². The Kier molecular flexibility index (Phi) is 4.33. The molecule has 8 nitrogen and oxygen atoms in total. The summed E-state index contributed by atoms with van der Waals surface area (Å²) >= 11 is 0. The first-order chi connectivity index (χ1) is 12.4. The third kappa shape index (κ3) is 2.55. The zero-order chi connectivity index (χ0) is 20.4. The van der Waals surface area contributed by atoms with Crippen molar-refractivity contribution in [3.63, 3.8) is 0 Å². The van der Waals surface area contributed by atoms with Crippen LogP contribution in [-0.4, -0.2) is 62.9 Å². The fourth-order valence-electron chi connectivity index (χ4n) is 4.82. The Hall–Kier alpha value is -2.42. The summed E-state index contributed by atoms with van der Waals surface area (Å²) in [5, 5.41) is 42.9. The zero-order valence-corrected chi connectivity index (χ0v) is 15.3. The van der Waals surface area contributed by atoms with Gasteiger partial charge in [0.05, 0.1) is 12.0 Å². The van der Waals surface area contributed by atoms with Crippen LogP contribution in [0.4, 0.5) is 0 Å². The van der Waals surface area contributed by atoms with E-state index in [-0.39, 0.29) is 17.6 Å². The number of carbonyl (C=O) groups excluding carboxylic acids is 2. The topological polar surface area (TPSA) is 144 Å². The number of hydrogen-bond donors (Lipinski definition) is 5. The zero-order valence-electron chi connectivity index (χ0n) is 15.3. The summed E-state index contributed by atoms with van der Waals surface area (Å²) in [6.45, 7) is 7.53. The highest BCUT2D eigenvalue weighted by Crippen LogP contribution is 2.53. The molecule has 3 aliphatic rings. The van der Waals surface area contributed by atoms with Gasteiger partial charge in [-0.05, 0) is 44.3 Å². The van der Waals surface area contributed by atoms with Crippen molar-refractivity contribution in [3.05, 3.63) is 47.0 Å². The summed E-state index contributed by atoms with van der Waals surface area (Å²) < 4.78 is 0. The molecule has 27 heavy (non-hydrogen) atoms. The van der Waals surface area contributed by atoms with Crippen molar-refractivity contribution in [2.45, 2.75) is 24.7 Å². The van der Waals surface area contributed by atoms with Gasteiger partial charge in [-0.3, -0.25) is 14.5 Å². The molecule has 0 bridgehead atoms. The minimum absolute atomic E-state index is 0.0591. The average molecular weight is 376 g/mol. The van der Waals surface area contributed by atoms with Crippen molar-refractivity contribution in [3.8, 4) is 0 Å². The van der Waals surface area contributed by atoms with Crippen LogP contribution in [0.3, 0.4) is 0 Å². The maximum Gasteiger partial charge on any atom is 0.253 e. The molecular weight excluding hydrogens is 352 g/mol. The second-order valence-electron chi connectivity index (χ2n) is 7.75. The SMILES string of the molecule is C=C1CC2CC3C(C(O)=C2C(=O)C1=C)C(O)(O)C(C(N)=O)=C(O)[C@H]3N(C)C. The van der Waals surface area contributed by atoms with E-state index < -0.39 is 58.4 Å². The number of fused-ring (bicyclic) bond motifs is 2. The van der Waals surface area contributed by atoms with Gasteiger partial charge in [0, 0.05) is 11.1 Å². The van der Waals surface area contributed by atoms with Crippen molar-refractivity contribution in [2.75, 3.05) is 14.1 Å². The molecule has 1 amide bonds. The highest BCUT2D eigenvalue weighted by Gasteiger charge is 2.60. The molecule has 3 aliphatic carbocycles. The molecule has 0 aromatic rings. The van der Waals surface area contributed by atoms with Crippen LogP contribution in [0, 0.1) is 17.8 Å². The lowest BCUT2D eigenvalue weighted by Crippen LogP contribution is -2.60. The molecule has 8 heteroatoms. The minimum Gasteiger partial charge on any atom is -0.511 e. The summed E-state index contributed by atoms with van der Waals surface area (Å²) in [6, 6.07) is -0.790. The first kappa shape index (κ1) is 19.3. The largest absolute Gasteiger partial charge is 0.511 e. The molecule has 3 rings (SSSR count). The summed E-state index contributed by atoms with van der Waals surface area (Å²) in [4.78, 5) is 26.1. The normalized spacial score (nSPS) is 33.3. The molecule has 0 saturated heterocycles. The molecule has 4 atom stereocenters. The lowest BCUT2D eigenvalue weighted by Gasteiger charge is -2.51. The van der Waals surface area contributed by atoms with E-state index in [4.69, 9.17) is 5.73 Å². The number of nitrogens with two attached hydrogens (primary N) is 1. The van der Waals surface area contributed by atoms with Gasteiger partial charge in [-0.2, -0.15) is 0 Å².